The van der Waals surface area contributed by atoms with Gasteiger partial charge in [0, 0.05) is 12.6 Å². The third kappa shape index (κ3) is 2.67. The highest BCUT2D eigenvalue weighted by atomic mass is 16.6. The van der Waals surface area contributed by atoms with E-state index < -0.39 is 0 Å². The Morgan fingerprint density at radius 2 is 2.00 bits per heavy atom. The molecule has 0 bridgehead atoms. The van der Waals surface area contributed by atoms with Crippen LogP contribution in [0.15, 0.2) is 24.3 Å². The Kier molecular flexibility index (Phi) is 3.49. The van der Waals surface area contributed by atoms with Gasteiger partial charge >= 0.3 is 6.09 Å². The van der Waals surface area contributed by atoms with Crippen LogP contribution >= 0.6 is 0 Å². The molecule has 3 aliphatic rings. The van der Waals surface area contributed by atoms with Crippen molar-refractivity contribution < 1.29 is 14.3 Å². The minimum atomic E-state index is -0.347. The number of hydrogen-bond acceptors (Lipinski definition) is 4. The lowest BCUT2D eigenvalue weighted by molar-refractivity contribution is -0.119. The SMILES string of the molecule is CC(=O)NC[C@H]1CN(c2ccc(C3[C@H]4CNC[C@@H]34)cc2)C(=O)O1. The summed E-state index contributed by atoms with van der Waals surface area (Å²) in [6.07, 6.45) is -0.638. The number of nitrogens with zero attached hydrogens (tertiary/aromatic N) is 1. The van der Waals surface area contributed by atoms with E-state index in [9.17, 15) is 9.59 Å². The molecule has 1 aromatic rings. The molecule has 3 fully saturated rings. The predicted octanol–water partition coefficient (Wildman–Crippen LogP) is 1.08. The van der Waals surface area contributed by atoms with Crippen molar-refractivity contribution in [2.45, 2.75) is 18.9 Å². The van der Waals surface area contributed by atoms with Crippen LogP contribution in [0.3, 0.4) is 0 Å². The second kappa shape index (κ2) is 5.53. The van der Waals surface area contributed by atoms with Crippen molar-refractivity contribution in [3.63, 3.8) is 0 Å². The summed E-state index contributed by atoms with van der Waals surface area (Å²) in [5.74, 6) is 2.15. The van der Waals surface area contributed by atoms with Crippen LogP contribution in [0.2, 0.25) is 0 Å². The molecule has 1 aliphatic carbocycles. The van der Waals surface area contributed by atoms with Gasteiger partial charge in [-0.2, -0.15) is 0 Å². The largest absolute Gasteiger partial charge is 0.442 e. The Morgan fingerprint density at radius 3 is 2.65 bits per heavy atom. The van der Waals surface area contributed by atoms with Gasteiger partial charge in [-0.05, 0) is 48.5 Å². The van der Waals surface area contributed by atoms with Crippen LogP contribution in [0, 0.1) is 11.8 Å². The van der Waals surface area contributed by atoms with Crippen LogP contribution in [-0.2, 0) is 9.53 Å². The number of anilines is 1. The Morgan fingerprint density at radius 1 is 1.30 bits per heavy atom. The first-order chi connectivity index (χ1) is 11.1. The number of fused-ring (bicyclic) bond motifs is 1. The van der Waals surface area contributed by atoms with Crippen LogP contribution < -0.4 is 15.5 Å². The molecule has 0 spiro atoms. The Labute approximate surface area is 135 Å². The maximum atomic E-state index is 12.0. The van der Waals surface area contributed by atoms with Gasteiger partial charge in [0.1, 0.15) is 6.10 Å². The Bertz CT molecular complexity index is 620. The number of nitrogens with one attached hydrogen (secondary N) is 2. The Hall–Kier alpha value is -2.08. The summed E-state index contributed by atoms with van der Waals surface area (Å²) in [6, 6.07) is 8.26. The third-order valence-electron chi connectivity index (χ3n) is 5.13. The van der Waals surface area contributed by atoms with E-state index in [0.717, 1.165) is 30.6 Å². The molecular weight excluding hydrogens is 294 g/mol. The van der Waals surface area contributed by atoms with Gasteiger partial charge in [-0.15, -0.1) is 0 Å². The summed E-state index contributed by atoms with van der Waals surface area (Å²) >= 11 is 0. The van der Waals surface area contributed by atoms with Gasteiger partial charge in [-0.1, -0.05) is 12.1 Å². The number of ether oxygens (including phenoxy) is 1. The smallest absolute Gasteiger partial charge is 0.414 e. The summed E-state index contributed by atoms with van der Waals surface area (Å²) < 4.78 is 5.29. The number of piperidine rings is 1. The lowest BCUT2D eigenvalue weighted by Gasteiger charge is -2.14. The quantitative estimate of drug-likeness (QED) is 0.872. The first-order valence-electron chi connectivity index (χ1n) is 8.17. The summed E-state index contributed by atoms with van der Waals surface area (Å²) in [7, 11) is 0. The molecule has 1 saturated carbocycles. The molecule has 4 rings (SSSR count). The molecule has 6 heteroatoms. The molecule has 4 atom stereocenters. The number of benzene rings is 1. The van der Waals surface area contributed by atoms with Crippen molar-refractivity contribution in [2.75, 3.05) is 31.1 Å². The average molecular weight is 315 g/mol. The van der Waals surface area contributed by atoms with Gasteiger partial charge in [0.25, 0.3) is 0 Å². The minimum Gasteiger partial charge on any atom is -0.442 e. The number of cyclic esters (lactones) is 1. The fourth-order valence-corrected chi connectivity index (χ4v) is 3.89. The zero-order valence-electron chi connectivity index (χ0n) is 13.1. The highest BCUT2D eigenvalue weighted by Gasteiger charge is 2.53. The number of rotatable bonds is 4. The van der Waals surface area contributed by atoms with Crippen LogP contribution in [-0.4, -0.2) is 44.3 Å². The molecule has 0 radical (unpaired) electrons. The molecule has 122 valence electrons. The van der Waals surface area contributed by atoms with Crippen LogP contribution in [0.4, 0.5) is 10.5 Å². The molecule has 2 heterocycles. The van der Waals surface area contributed by atoms with Crippen molar-refractivity contribution in [1.82, 2.24) is 10.6 Å². The minimum absolute atomic E-state index is 0.117. The number of carbonyl (C=O) groups excluding carboxylic acids is 2. The summed E-state index contributed by atoms with van der Waals surface area (Å²) in [6.45, 7) is 4.53. The summed E-state index contributed by atoms with van der Waals surface area (Å²) in [5, 5.41) is 6.09. The van der Waals surface area contributed by atoms with E-state index >= 15 is 0 Å². The Balaban J connectivity index is 1.40. The highest BCUT2D eigenvalue weighted by molar-refractivity contribution is 5.89. The van der Waals surface area contributed by atoms with E-state index in [2.05, 4.69) is 22.8 Å². The first kappa shape index (κ1) is 14.5. The lowest BCUT2D eigenvalue weighted by Crippen LogP contribution is -2.33. The zero-order chi connectivity index (χ0) is 16.0. The van der Waals surface area contributed by atoms with Crippen molar-refractivity contribution in [1.29, 1.82) is 0 Å². The molecular formula is C17H21N3O3. The lowest BCUT2D eigenvalue weighted by atomic mass is 10.1. The first-order valence-corrected chi connectivity index (χ1v) is 8.17. The summed E-state index contributed by atoms with van der Waals surface area (Å²) in [5.41, 5.74) is 2.22. The normalized spacial score (nSPS) is 31.7. The van der Waals surface area contributed by atoms with E-state index in [-0.39, 0.29) is 18.1 Å². The zero-order valence-corrected chi connectivity index (χ0v) is 13.1. The second-order valence-corrected chi connectivity index (χ2v) is 6.66. The van der Waals surface area contributed by atoms with Gasteiger partial charge in [-0.3, -0.25) is 9.69 Å². The van der Waals surface area contributed by atoms with E-state index in [4.69, 9.17) is 4.74 Å². The monoisotopic (exact) mass is 315 g/mol. The fourth-order valence-electron chi connectivity index (χ4n) is 3.89. The second-order valence-electron chi connectivity index (χ2n) is 6.66. The van der Waals surface area contributed by atoms with Gasteiger partial charge in [0.15, 0.2) is 0 Å². The molecule has 2 saturated heterocycles. The average Bonchev–Trinajstić information content (AvgIpc) is 2.86. The van der Waals surface area contributed by atoms with E-state index in [1.54, 1.807) is 4.90 Å². The molecule has 6 nitrogen and oxygen atoms in total. The van der Waals surface area contributed by atoms with Gasteiger partial charge < -0.3 is 15.4 Å². The molecule has 2 amide bonds. The molecule has 23 heavy (non-hydrogen) atoms. The van der Waals surface area contributed by atoms with E-state index in [1.807, 2.05) is 12.1 Å². The predicted molar refractivity (Wildman–Crippen MR) is 85.3 cm³/mol. The summed E-state index contributed by atoms with van der Waals surface area (Å²) in [4.78, 5) is 24.6. The standard InChI is InChI=1S/C17H21N3O3/c1-10(21)19-6-13-9-20(17(22)23-13)12-4-2-11(3-5-12)16-14-7-18-8-15(14)16/h2-5,13-16,18H,6-9H2,1H3,(H,19,21)/t13-,14-,15+,16?/m0/s1. The van der Waals surface area contributed by atoms with Crippen LogP contribution in [0.25, 0.3) is 0 Å². The molecule has 1 unspecified atom stereocenters. The highest BCUT2D eigenvalue weighted by Crippen LogP contribution is 2.55. The van der Waals surface area contributed by atoms with Gasteiger partial charge in [0.05, 0.1) is 13.1 Å². The third-order valence-corrected chi connectivity index (χ3v) is 5.13. The van der Waals surface area contributed by atoms with E-state index in [1.165, 1.54) is 12.5 Å². The van der Waals surface area contributed by atoms with Gasteiger partial charge in [0.2, 0.25) is 5.91 Å². The van der Waals surface area contributed by atoms with Crippen molar-refractivity contribution >= 4 is 17.7 Å². The maximum Gasteiger partial charge on any atom is 0.414 e. The number of hydrogen-bond donors (Lipinski definition) is 2. The molecule has 2 N–H and O–H groups in total. The van der Waals surface area contributed by atoms with E-state index in [0.29, 0.717) is 19.0 Å². The van der Waals surface area contributed by atoms with Crippen LogP contribution in [0.5, 0.6) is 0 Å². The number of amides is 2. The fraction of sp³-hybridized carbons (Fsp3) is 0.529. The molecule has 0 aromatic heterocycles. The van der Waals surface area contributed by atoms with Crippen molar-refractivity contribution in [3.05, 3.63) is 29.8 Å². The topological polar surface area (TPSA) is 70.7 Å². The molecule has 2 aliphatic heterocycles. The van der Waals surface area contributed by atoms with Crippen molar-refractivity contribution in [2.24, 2.45) is 11.8 Å². The molecule has 1 aromatic carbocycles. The van der Waals surface area contributed by atoms with Gasteiger partial charge in [-0.25, -0.2) is 4.79 Å². The van der Waals surface area contributed by atoms with Crippen molar-refractivity contribution in [3.8, 4) is 0 Å². The van der Waals surface area contributed by atoms with Crippen LogP contribution in [0.1, 0.15) is 18.4 Å². The number of carbonyl (C=O) groups is 2. The maximum absolute atomic E-state index is 12.0.